The number of aromatic nitrogens is 4. The number of amides is 2. The Bertz CT molecular complexity index is 1320. The molecule has 10 heteroatoms. The lowest BCUT2D eigenvalue weighted by atomic mass is 10.0. The lowest BCUT2D eigenvalue weighted by Crippen LogP contribution is -2.49. The number of thiophene rings is 1. The van der Waals surface area contributed by atoms with Crippen molar-refractivity contribution in [3.8, 4) is 11.6 Å². The lowest BCUT2D eigenvalue weighted by Gasteiger charge is -2.33. The third kappa shape index (κ3) is 6.25. The number of furan rings is 1. The Morgan fingerprint density at radius 3 is 2.47 bits per heavy atom. The molecule has 188 valence electrons. The summed E-state index contributed by atoms with van der Waals surface area (Å²) in [7, 11) is 0. The Hall–Kier alpha value is -3.79. The summed E-state index contributed by atoms with van der Waals surface area (Å²) in [6.07, 6.45) is 0. The van der Waals surface area contributed by atoms with Gasteiger partial charge in [-0.15, -0.1) is 21.5 Å². The Labute approximate surface area is 214 Å². The van der Waals surface area contributed by atoms with Crippen molar-refractivity contribution in [3.63, 3.8) is 0 Å². The van der Waals surface area contributed by atoms with Crippen LogP contribution < -0.4 is 5.32 Å². The molecule has 0 fully saturated rings. The highest BCUT2D eigenvalue weighted by atomic mass is 32.1. The van der Waals surface area contributed by atoms with E-state index in [0.717, 1.165) is 21.8 Å². The molecule has 0 spiro atoms. The first-order valence-corrected chi connectivity index (χ1v) is 12.5. The fourth-order valence-electron chi connectivity index (χ4n) is 3.73. The zero-order valence-corrected chi connectivity index (χ0v) is 21.9. The molecule has 2 amide bonds. The predicted octanol–water partition coefficient (Wildman–Crippen LogP) is 4.30. The Morgan fingerprint density at radius 2 is 1.86 bits per heavy atom. The molecule has 3 aromatic heterocycles. The second-order valence-corrected chi connectivity index (χ2v) is 10.7. The minimum absolute atomic E-state index is 0.177. The quantitative estimate of drug-likeness (QED) is 0.382. The van der Waals surface area contributed by atoms with Crippen molar-refractivity contribution in [2.45, 2.75) is 59.3 Å². The maximum absolute atomic E-state index is 13.7. The van der Waals surface area contributed by atoms with Gasteiger partial charge in [-0.3, -0.25) is 9.59 Å². The van der Waals surface area contributed by atoms with Crippen LogP contribution in [0.3, 0.4) is 0 Å². The van der Waals surface area contributed by atoms with Crippen LogP contribution in [0, 0.1) is 13.8 Å². The molecule has 0 aliphatic heterocycles. The summed E-state index contributed by atoms with van der Waals surface area (Å²) >= 11 is 1.53. The van der Waals surface area contributed by atoms with E-state index >= 15 is 0 Å². The zero-order valence-electron chi connectivity index (χ0n) is 21.1. The molecule has 0 saturated heterocycles. The molecule has 1 atom stereocenters. The molecule has 4 aromatic rings. The van der Waals surface area contributed by atoms with Gasteiger partial charge in [-0.25, -0.2) is 0 Å². The van der Waals surface area contributed by atoms with Crippen molar-refractivity contribution in [1.82, 2.24) is 30.4 Å². The molecule has 4 rings (SSSR count). The third-order valence-corrected chi connectivity index (χ3v) is 6.23. The molecule has 0 bridgehead atoms. The first kappa shape index (κ1) is 25.3. The van der Waals surface area contributed by atoms with Gasteiger partial charge in [-0.05, 0) is 69.0 Å². The minimum Gasteiger partial charge on any atom is -0.458 e. The van der Waals surface area contributed by atoms with Gasteiger partial charge in [0.2, 0.25) is 17.6 Å². The van der Waals surface area contributed by atoms with Crippen LogP contribution in [-0.4, -0.2) is 42.5 Å². The fourth-order valence-corrected chi connectivity index (χ4v) is 4.43. The number of hydrogen-bond donors (Lipinski definition) is 1. The molecule has 1 aromatic carbocycles. The number of aryl methyl sites for hydroxylation is 2. The van der Waals surface area contributed by atoms with E-state index in [1.54, 1.807) is 11.0 Å². The van der Waals surface area contributed by atoms with E-state index < -0.39 is 11.6 Å². The first-order valence-electron chi connectivity index (χ1n) is 11.6. The van der Waals surface area contributed by atoms with Gasteiger partial charge in [-0.2, -0.15) is 4.80 Å². The topological polar surface area (TPSA) is 106 Å². The number of nitrogens with zero attached hydrogens (tertiary/aromatic N) is 5. The maximum Gasteiger partial charge on any atom is 0.247 e. The van der Waals surface area contributed by atoms with E-state index in [9.17, 15) is 9.59 Å². The smallest absolute Gasteiger partial charge is 0.247 e. The van der Waals surface area contributed by atoms with Crippen LogP contribution >= 0.6 is 11.3 Å². The van der Waals surface area contributed by atoms with Crippen LogP contribution in [0.25, 0.3) is 11.6 Å². The monoisotopic (exact) mass is 506 g/mol. The van der Waals surface area contributed by atoms with Crippen LogP contribution in [0.1, 0.15) is 48.6 Å². The summed E-state index contributed by atoms with van der Waals surface area (Å²) in [5.41, 5.74) is 1.32. The van der Waals surface area contributed by atoms with Crippen molar-refractivity contribution in [2.24, 2.45) is 0 Å². The molecular formula is C26H30N6O3S. The molecule has 0 saturated carbocycles. The van der Waals surface area contributed by atoms with Gasteiger partial charge in [0.25, 0.3) is 0 Å². The summed E-state index contributed by atoms with van der Waals surface area (Å²) in [5.74, 6) is 0.933. The fraction of sp³-hybridized carbons (Fsp3) is 0.346. The van der Waals surface area contributed by atoms with Crippen LogP contribution in [0.4, 0.5) is 0 Å². The van der Waals surface area contributed by atoms with E-state index in [0.29, 0.717) is 11.6 Å². The zero-order chi connectivity index (χ0) is 25.9. The van der Waals surface area contributed by atoms with E-state index in [1.165, 1.54) is 16.1 Å². The van der Waals surface area contributed by atoms with Gasteiger partial charge < -0.3 is 14.6 Å². The van der Waals surface area contributed by atoms with Gasteiger partial charge in [0, 0.05) is 10.4 Å². The van der Waals surface area contributed by atoms with Crippen molar-refractivity contribution in [1.29, 1.82) is 0 Å². The van der Waals surface area contributed by atoms with Gasteiger partial charge >= 0.3 is 0 Å². The predicted molar refractivity (Wildman–Crippen MR) is 137 cm³/mol. The van der Waals surface area contributed by atoms with Gasteiger partial charge in [-0.1, -0.05) is 35.9 Å². The van der Waals surface area contributed by atoms with E-state index in [-0.39, 0.29) is 24.9 Å². The van der Waals surface area contributed by atoms with Crippen molar-refractivity contribution >= 4 is 23.2 Å². The number of carbonyl (C=O) groups is 2. The van der Waals surface area contributed by atoms with Crippen molar-refractivity contribution in [3.05, 3.63) is 75.7 Å². The van der Waals surface area contributed by atoms with E-state index in [2.05, 4.69) is 20.7 Å². The standard InChI is InChI=1S/C26H30N6O3S/c1-17-8-11-19(12-9-17)23(25(34)27-26(3,4)5)31(15-20-7-6-14-36-20)22(33)16-32-29-24(28-30-32)21-13-10-18(2)35-21/h6-14,23H,15-16H2,1-5H3,(H,27,34)/t23-/m0/s1. The Kier molecular flexibility index (Phi) is 7.35. The summed E-state index contributed by atoms with van der Waals surface area (Å²) in [5, 5.41) is 17.4. The van der Waals surface area contributed by atoms with Gasteiger partial charge in [0.05, 0.1) is 6.54 Å². The molecule has 36 heavy (non-hydrogen) atoms. The normalized spacial score (nSPS) is 12.4. The second-order valence-electron chi connectivity index (χ2n) is 9.71. The average molecular weight is 507 g/mol. The number of nitrogens with one attached hydrogen (secondary N) is 1. The number of tetrazole rings is 1. The number of rotatable bonds is 8. The average Bonchev–Trinajstić information content (AvgIpc) is 3.56. The lowest BCUT2D eigenvalue weighted by molar-refractivity contribution is -0.143. The molecule has 3 heterocycles. The van der Waals surface area contributed by atoms with Crippen LogP contribution in [0.2, 0.25) is 0 Å². The number of benzene rings is 1. The molecule has 0 aliphatic rings. The Morgan fingerprint density at radius 1 is 1.11 bits per heavy atom. The first-order chi connectivity index (χ1) is 17.1. The molecule has 0 aliphatic carbocycles. The highest BCUT2D eigenvalue weighted by Gasteiger charge is 2.34. The summed E-state index contributed by atoms with van der Waals surface area (Å²) < 4.78 is 5.56. The summed E-state index contributed by atoms with van der Waals surface area (Å²) in [6, 6.07) is 14.3. The van der Waals surface area contributed by atoms with Crippen molar-refractivity contribution < 1.29 is 14.0 Å². The molecule has 0 unspecified atom stereocenters. The summed E-state index contributed by atoms with van der Waals surface area (Å²) in [6.45, 7) is 9.65. The molecular weight excluding hydrogens is 476 g/mol. The van der Waals surface area contributed by atoms with Crippen LogP contribution in [0.5, 0.6) is 0 Å². The van der Waals surface area contributed by atoms with Crippen LogP contribution in [-0.2, 0) is 22.7 Å². The van der Waals surface area contributed by atoms with E-state index in [4.69, 9.17) is 4.42 Å². The molecule has 9 nitrogen and oxygen atoms in total. The highest BCUT2D eigenvalue weighted by Crippen LogP contribution is 2.27. The summed E-state index contributed by atoms with van der Waals surface area (Å²) in [4.78, 5) is 31.1. The van der Waals surface area contributed by atoms with E-state index in [1.807, 2.05) is 82.5 Å². The van der Waals surface area contributed by atoms with Gasteiger partial charge in [0.1, 0.15) is 18.3 Å². The number of carbonyl (C=O) groups excluding carboxylic acids is 2. The SMILES string of the molecule is Cc1ccc([C@@H](C(=O)NC(C)(C)C)N(Cc2cccs2)C(=O)Cn2nnc(-c3ccc(C)o3)n2)cc1. The molecule has 1 N–H and O–H groups in total. The van der Waals surface area contributed by atoms with Crippen molar-refractivity contribution in [2.75, 3.05) is 0 Å². The van der Waals surface area contributed by atoms with Gasteiger partial charge in [0.15, 0.2) is 5.76 Å². The third-order valence-electron chi connectivity index (χ3n) is 5.37. The number of hydrogen-bond acceptors (Lipinski definition) is 7. The minimum atomic E-state index is -0.838. The maximum atomic E-state index is 13.7. The highest BCUT2D eigenvalue weighted by molar-refractivity contribution is 7.09. The van der Waals surface area contributed by atoms with Crippen LogP contribution in [0.15, 0.2) is 58.3 Å². The molecule has 0 radical (unpaired) electrons. The Balaban J connectivity index is 1.67. The second kappa shape index (κ2) is 10.4. The largest absolute Gasteiger partial charge is 0.458 e.